The first kappa shape index (κ1) is 24.4. The topological polar surface area (TPSA) is 147 Å². The predicted molar refractivity (Wildman–Crippen MR) is 126 cm³/mol. The first-order valence-corrected chi connectivity index (χ1v) is 12.3. The molecule has 35 heavy (non-hydrogen) atoms. The molecule has 4 heterocycles. The zero-order valence-corrected chi connectivity index (χ0v) is 20.0. The molecule has 2 aliphatic heterocycles. The van der Waals surface area contributed by atoms with Crippen molar-refractivity contribution in [3.05, 3.63) is 63.7 Å². The van der Waals surface area contributed by atoms with E-state index in [1.165, 1.54) is 30.0 Å². The number of amides is 2. The van der Waals surface area contributed by atoms with Gasteiger partial charge in [-0.2, -0.15) is 0 Å². The van der Waals surface area contributed by atoms with Crippen LogP contribution in [0.5, 0.6) is 0 Å². The quantitative estimate of drug-likeness (QED) is 0.218. The van der Waals surface area contributed by atoms with Crippen LogP contribution in [0.4, 0.5) is 0 Å². The fourth-order valence-electron chi connectivity index (χ4n) is 3.45. The van der Waals surface area contributed by atoms with Crippen molar-refractivity contribution < 1.29 is 33.9 Å². The number of carbonyl (C=O) groups excluding carboxylic acids is 3. The van der Waals surface area contributed by atoms with E-state index in [0.717, 1.165) is 4.90 Å². The average molecular weight is 517 g/mol. The van der Waals surface area contributed by atoms with Gasteiger partial charge in [-0.15, -0.1) is 23.1 Å². The minimum absolute atomic E-state index is 0.00691. The van der Waals surface area contributed by atoms with Crippen LogP contribution in [0.1, 0.15) is 17.5 Å². The molecule has 182 valence electrons. The highest BCUT2D eigenvalue weighted by atomic mass is 32.2. The Bertz CT molecular complexity index is 1200. The Morgan fingerprint density at radius 1 is 1.26 bits per heavy atom. The molecule has 0 spiro atoms. The molecule has 2 aromatic rings. The third kappa shape index (κ3) is 5.35. The molecule has 2 atom stereocenters. The van der Waals surface area contributed by atoms with E-state index in [0.29, 0.717) is 16.1 Å². The molecule has 1 saturated heterocycles. The molecule has 0 unspecified atom stereocenters. The van der Waals surface area contributed by atoms with Gasteiger partial charge in [-0.1, -0.05) is 17.3 Å². The Labute approximate surface area is 207 Å². The van der Waals surface area contributed by atoms with E-state index >= 15 is 0 Å². The summed E-state index contributed by atoms with van der Waals surface area (Å²) in [4.78, 5) is 60.0. The largest absolute Gasteiger partial charge is 0.477 e. The summed E-state index contributed by atoms with van der Waals surface area (Å²) in [6.07, 6.45) is 1.61. The third-order valence-corrected chi connectivity index (χ3v) is 7.27. The van der Waals surface area contributed by atoms with E-state index in [9.17, 15) is 24.3 Å². The molecule has 0 bridgehead atoms. The molecule has 1 fully saturated rings. The fourth-order valence-corrected chi connectivity index (χ4v) is 5.48. The summed E-state index contributed by atoms with van der Waals surface area (Å²) in [7, 11) is 0. The number of nitrogens with zero attached hydrogens (tertiary/aromatic N) is 3. The van der Waals surface area contributed by atoms with E-state index < -0.39 is 35.2 Å². The molecule has 0 radical (unpaired) electrons. The van der Waals surface area contributed by atoms with Gasteiger partial charge in [-0.05, 0) is 23.6 Å². The number of thiophene rings is 1. The molecular formula is C22H20N4O7S2. The SMILES string of the molecule is CC(=O)OCC1=C(C(=O)O)N2C(=O)[C@@H](NC(=O)C(=NOCc3ccccn3)c3cccs3)[C@@H]2SC1. The fraction of sp³-hybridized carbons (Fsp3) is 0.273. The molecule has 0 aromatic carbocycles. The number of aromatic nitrogens is 1. The summed E-state index contributed by atoms with van der Waals surface area (Å²) in [5, 5.41) is 17.5. The van der Waals surface area contributed by atoms with Gasteiger partial charge < -0.3 is 20.0 Å². The van der Waals surface area contributed by atoms with Gasteiger partial charge in [0.1, 0.15) is 23.7 Å². The smallest absolute Gasteiger partial charge is 0.352 e. The highest BCUT2D eigenvalue weighted by Crippen LogP contribution is 2.40. The number of nitrogens with one attached hydrogen (secondary N) is 1. The highest BCUT2D eigenvalue weighted by Gasteiger charge is 2.54. The van der Waals surface area contributed by atoms with Crippen molar-refractivity contribution >= 4 is 52.6 Å². The minimum atomic E-state index is -1.31. The number of carbonyl (C=O) groups is 4. The van der Waals surface area contributed by atoms with Gasteiger partial charge in [0, 0.05) is 24.4 Å². The van der Waals surface area contributed by atoms with Crippen LogP contribution in [0.3, 0.4) is 0 Å². The number of carboxylic acids is 1. The van der Waals surface area contributed by atoms with Gasteiger partial charge in [-0.3, -0.25) is 24.3 Å². The number of oxime groups is 1. The second kappa shape index (κ2) is 10.7. The van der Waals surface area contributed by atoms with Crippen LogP contribution in [-0.4, -0.2) is 68.2 Å². The Morgan fingerprint density at radius 3 is 2.74 bits per heavy atom. The molecule has 2 amide bonds. The van der Waals surface area contributed by atoms with Crippen molar-refractivity contribution in [2.45, 2.75) is 24.9 Å². The second-order valence-corrected chi connectivity index (χ2v) is 9.46. The molecule has 2 N–H and O–H groups in total. The average Bonchev–Trinajstić information content (AvgIpc) is 3.38. The molecule has 4 rings (SSSR count). The van der Waals surface area contributed by atoms with Gasteiger partial charge in [-0.25, -0.2) is 4.79 Å². The molecule has 11 nitrogen and oxygen atoms in total. The maximum Gasteiger partial charge on any atom is 0.352 e. The van der Waals surface area contributed by atoms with Gasteiger partial charge in [0.05, 0.1) is 10.6 Å². The summed E-state index contributed by atoms with van der Waals surface area (Å²) in [6, 6.07) is 7.83. The summed E-state index contributed by atoms with van der Waals surface area (Å²) in [5.74, 6) is -2.83. The summed E-state index contributed by atoms with van der Waals surface area (Å²) >= 11 is 2.55. The number of hydrogen-bond acceptors (Lipinski definition) is 10. The Morgan fingerprint density at radius 2 is 2.09 bits per heavy atom. The van der Waals surface area contributed by atoms with Gasteiger partial charge in [0.25, 0.3) is 11.8 Å². The maximum absolute atomic E-state index is 13.1. The van der Waals surface area contributed by atoms with Crippen LogP contribution in [0, 0.1) is 0 Å². The maximum atomic E-state index is 13.1. The normalized spacial score (nSPS) is 19.5. The number of fused-ring (bicyclic) bond motifs is 1. The zero-order chi connectivity index (χ0) is 24.9. The minimum Gasteiger partial charge on any atom is -0.477 e. The van der Waals surface area contributed by atoms with E-state index in [1.807, 2.05) is 0 Å². The molecule has 2 aromatic heterocycles. The van der Waals surface area contributed by atoms with Crippen molar-refractivity contribution in [1.82, 2.24) is 15.2 Å². The molecule has 0 aliphatic carbocycles. The first-order valence-electron chi connectivity index (χ1n) is 10.3. The molecular weight excluding hydrogens is 496 g/mol. The number of β-lactam (4-membered cyclic amide) rings is 1. The van der Waals surface area contributed by atoms with E-state index in [1.54, 1.807) is 41.9 Å². The summed E-state index contributed by atoms with van der Waals surface area (Å²) in [6.45, 7) is 1.04. The van der Waals surface area contributed by atoms with Crippen LogP contribution in [0.2, 0.25) is 0 Å². The number of aliphatic carboxylic acids is 1. The number of pyridine rings is 1. The lowest BCUT2D eigenvalue weighted by molar-refractivity contribution is -0.150. The number of esters is 1. The van der Waals surface area contributed by atoms with Crippen molar-refractivity contribution in [3.63, 3.8) is 0 Å². The van der Waals surface area contributed by atoms with E-state index in [-0.39, 0.29) is 30.4 Å². The number of rotatable bonds is 9. The van der Waals surface area contributed by atoms with Crippen molar-refractivity contribution in [1.29, 1.82) is 0 Å². The van der Waals surface area contributed by atoms with Gasteiger partial charge in [0.2, 0.25) is 0 Å². The standard InChI is InChI=1S/C22H20N4O7S2/c1-12(27)32-9-13-11-35-21-17(20(29)26(21)18(13)22(30)31)24-19(28)16(15-6-4-8-34-15)25-33-10-14-5-2-3-7-23-14/h2-8,17,21H,9-11H2,1H3,(H,24,28)(H,30,31)/t17-,21+/m1/s1. The molecule has 0 saturated carbocycles. The zero-order valence-electron chi connectivity index (χ0n) is 18.4. The van der Waals surface area contributed by atoms with Crippen LogP contribution in [0.25, 0.3) is 0 Å². The number of hydrogen-bond donors (Lipinski definition) is 2. The van der Waals surface area contributed by atoms with Crippen LogP contribution in [0.15, 0.2) is 58.3 Å². The lowest BCUT2D eigenvalue weighted by Gasteiger charge is -2.49. The third-order valence-electron chi connectivity index (χ3n) is 5.05. The van der Waals surface area contributed by atoms with Crippen molar-refractivity contribution in [2.24, 2.45) is 5.16 Å². The van der Waals surface area contributed by atoms with Crippen LogP contribution < -0.4 is 5.32 Å². The second-order valence-electron chi connectivity index (χ2n) is 7.41. The van der Waals surface area contributed by atoms with Gasteiger partial charge >= 0.3 is 11.9 Å². The molecule has 2 aliphatic rings. The van der Waals surface area contributed by atoms with Crippen LogP contribution in [-0.2, 0) is 35.4 Å². The van der Waals surface area contributed by atoms with Gasteiger partial charge in [0.15, 0.2) is 12.3 Å². The number of carboxylic acid groups (broad SMARTS) is 1. The summed E-state index contributed by atoms with van der Waals surface area (Å²) < 4.78 is 4.92. The Kier molecular flexibility index (Phi) is 7.46. The van der Waals surface area contributed by atoms with Crippen molar-refractivity contribution in [2.75, 3.05) is 12.4 Å². The van der Waals surface area contributed by atoms with Crippen LogP contribution >= 0.6 is 23.1 Å². The molecule has 13 heteroatoms. The Balaban J connectivity index is 1.48. The first-order chi connectivity index (χ1) is 16.9. The lowest BCUT2D eigenvalue weighted by Crippen LogP contribution is -2.71. The predicted octanol–water partition coefficient (Wildman–Crippen LogP) is 1.37. The lowest BCUT2D eigenvalue weighted by atomic mass is 10.0. The highest BCUT2D eigenvalue weighted by molar-refractivity contribution is 8.00. The van der Waals surface area contributed by atoms with E-state index in [2.05, 4.69) is 15.5 Å². The summed E-state index contributed by atoms with van der Waals surface area (Å²) in [5.41, 5.74) is 0.711. The van der Waals surface area contributed by atoms with Crippen molar-refractivity contribution in [3.8, 4) is 0 Å². The number of thioether (sulfide) groups is 1. The monoisotopic (exact) mass is 516 g/mol. The van der Waals surface area contributed by atoms with E-state index in [4.69, 9.17) is 9.57 Å². The number of ether oxygens (including phenoxy) is 1. The Hall–Kier alpha value is -3.71.